The molecule has 126 valence electrons. The Hall–Kier alpha value is -2.08. The Kier molecular flexibility index (Phi) is 6.40. The molecular weight excluding hydrogens is 294 g/mol. The van der Waals surface area contributed by atoms with Crippen LogP contribution in [0, 0.1) is 6.92 Å². The van der Waals surface area contributed by atoms with Crippen LogP contribution < -0.4 is 15.8 Å². The Bertz CT molecular complexity index is 530. The van der Waals surface area contributed by atoms with Crippen molar-refractivity contribution in [3.63, 3.8) is 0 Å². The first kappa shape index (κ1) is 17.3. The van der Waals surface area contributed by atoms with Gasteiger partial charge in [-0.1, -0.05) is 17.7 Å². The number of nitrogens with two attached hydrogens (primary N) is 1. The van der Waals surface area contributed by atoms with E-state index in [-0.39, 0.29) is 24.4 Å². The van der Waals surface area contributed by atoms with Crippen LogP contribution in [0.3, 0.4) is 0 Å². The highest BCUT2D eigenvalue weighted by Crippen LogP contribution is 2.12. The second kappa shape index (κ2) is 8.53. The van der Waals surface area contributed by atoms with Crippen molar-refractivity contribution >= 4 is 11.8 Å². The van der Waals surface area contributed by atoms with E-state index in [0.29, 0.717) is 19.6 Å². The van der Waals surface area contributed by atoms with E-state index in [1.807, 2.05) is 36.1 Å². The zero-order valence-corrected chi connectivity index (χ0v) is 13.6. The molecule has 0 saturated carbocycles. The Morgan fingerprint density at radius 3 is 2.78 bits per heavy atom. The van der Waals surface area contributed by atoms with Crippen molar-refractivity contribution in [2.75, 3.05) is 26.2 Å². The molecule has 1 saturated heterocycles. The van der Waals surface area contributed by atoms with E-state index >= 15 is 0 Å². The molecule has 6 heteroatoms. The van der Waals surface area contributed by atoms with Gasteiger partial charge in [0.15, 0.2) is 0 Å². The zero-order chi connectivity index (χ0) is 16.7. The number of primary amides is 1. The Balaban J connectivity index is 1.67. The highest BCUT2D eigenvalue weighted by Gasteiger charge is 2.22. The SMILES string of the molecule is Cc1ccc(OCCC(=O)NC2CCCN(CC(N)=O)C2)cc1. The van der Waals surface area contributed by atoms with Crippen LogP contribution in [-0.2, 0) is 9.59 Å². The van der Waals surface area contributed by atoms with Crippen LogP contribution in [0.5, 0.6) is 5.75 Å². The van der Waals surface area contributed by atoms with Crippen molar-refractivity contribution in [1.82, 2.24) is 10.2 Å². The molecule has 0 spiro atoms. The normalized spacial score (nSPS) is 18.4. The van der Waals surface area contributed by atoms with Gasteiger partial charge in [0.05, 0.1) is 19.6 Å². The van der Waals surface area contributed by atoms with Gasteiger partial charge in [-0.2, -0.15) is 0 Å². The van der Waals surface area contributed by atoms with Gasteiger partial charge in [-0.15, -0.1) is 0 Å². The third kappa shape index (κ3) is 6.28. The molecule has 0 aliphatic carbocycles. The van der Waals surface area contributed by atoms with Crippen molar-refractivity contribution in [3.05, 3.63) is 29.8 Å². The molecule has 1 aliphatic rings. The van der Waals surface area contributed by atoms with Crippen LogP contribution in [0.15, 0.2) is 24.3 Å². The second-order valence-corrected chi connectivity index (χ2v) is 6.02. The van der Waals surface area contributed by atoms with Crippen molar-refractivity contribution < 1.29 is 14.3 Å². The number of rotatable bonds is 7. The first-order chi connectivity index (χ1) is 11.0. The maximum atomic E-state index is 12.0. The Morgan fingerprint density at radius 1 is 1.35 bits per heavy atom. The van der Waals surface area contributed by atoms with Crippen LogP contribution in [0.2, 0.25) is 0 Å². The van der Waals surface area contributed by atoms with E-state index in [1.165, 1.54) is 5.56 Å². The summed E-state index contributed by atoms with van der Waals surface area (Å²) in [6, 6.07) is 7.83. The summed E-state index contributed by atoms with van der Waals surface area (Å²) < 4.78 is 5.56. The van der Waals surface area contributed by atoms with Crippen LogP contribution >= 0.6 is 0 Å². The van der Waals surface area contributed by atoms with Gasteiger partial charge in [0.1, 0.15) is 5.75 Å². The Labute approximate surface area is 137 Å². The standard InChI is InChI=1S/C17H25N3O3/c1-13-4-6-15(7-5-13)23-10-8-17(22)19-14-3-2-9-20(11-14)12-16(18)21/h4-7,14H,2-3,8-12H2,1H3,(H2,18,21)(H,19,22). The first-order valence-corrected chi connectivity index (χ1v) is 8.02. The molecule has 2 rings (SSSR count). The van der Waals surface area contributed by atoms with Gasteiger partial charge in [0.2, 0.25) is 11.8 Å². The molecule has 1 unspecified atom stereocenters. The third-order valence-corrected chi connectivity index (χ3v) is 3.87. The fourth-order valence-corrected chi connectivity index (χ4v) is 2.73. The summed E-state index contributed by atoms with van der Waals surface area (Å²) >= 11 is 0. The molecule has 0 bridgehead atoms. The number of hydrogen-bond acceptors (Lipinski definition) is 4. The molecule has 3 N–H and O–H groups in total. The maximum Gasteiger partial charge on any atom is 0.231 e. The third-order valence-electron chi connectivity index (χ3n) is 3.87. The van der Waals surface area contributed by atoms with E-state index in [4.69, 9.17) is 10.5 Å². The molecule has 1 aliphatic heterocycles. The molecule has 23 heavy (non-hydrogen) atoms. The number of piperidine rings is 1. The smallest absolute Gasteiger partial charge is 0.231 e. The van der Waals surface area contributed by atoms with E-state index in [0.717, 1.165) is 25.1 Å². The number of aryl methyl sites for hydroxylation is 1. The molecule has 1 atom stereocenters. The lowest BCUT2D eigenvalue weighted by atomic mass is 10.1. The van der Waals surface area contributed by atoms with E-state index in [1.54, 1.807) is 0 Å². The Morgan fingerprint density at radius 2 is 2.09 bits per heavy atom. The molecule has 0 aromatic heterocycles. The zero-order valence-electron chi connectivity index (χ0n) is 13.6. The fourth-order valence-electron chi connectivity index (χ4n) is 2.73. The molecule has 1 aromatic carbocycles. The van der Waals surface area contributed by atoms with E-state index in [2.05, 4.69) is 5.32 Å². The summed E-state index contributed by atoms with van der Waals surface area (Å²) in [5.74, 6) is 0.417. The summed E-state index contributed by atoms with van der Waals surface area (Å²) in [6.07, 6.45) is 2.21. The summed E-state index contributed by atoms with van der Waals surface area (Å²) in [5.41, 5.74) is 6.39. The van der Waals surface area contributed by atoms with Crippen molar-refractivity contribution in [2.45, 2.75) is 32.2 Å². The monoisotopic (exact) mass is 319 g/mol. The van der Waals surface area contributed by atoms with Crippen LogP contribution in [-0.4, -0.2) is 49.0 Å². The van der Waals surface area contributed by atoms with Gasteiger partial charge >= 0.3 is 0 Å². The van der Waals surface area contributed by atoms with Gasteiger partial charge in [-0.05, 0) is 38.4 Å². The maximum absolute atomic E-state index is 12.0. The number of carbonyl (C=O) groups is 2. The van der Waals surface area contributed by atoms with Crippen molar-refractivity contribution in [2.24, 2.45) is 5.73 Å². The summed E-state index contributed by atoms with van der Waals surface area (Å²) in [6.45, 7) is 4.15. The van der Waals surface area contributed by atoms with Crippen molar-refractivity contribution in [1.29, 1.82) is 0 Å². The number of benzene rings is 1. The van der Waals surface area contributed by atoms with E-state index < -0.39 is 0 Å². The van der Waals surface area contributed by atoms with Gasteiger partial charge in [0, 0.05) is 12.6 Å². The number of likely N-dealkylation sites (tertiary alicyclic amines) is 1. The highest BCUT2D eigenvalue weighted by molar-refractivity contribution is 5.77. The van der Waals surface area contributed by atoms with Gasteiger partial charge in [-0.25, -0.2) is 0 Å². The number of amides is 2. The van der Waals surface area contributed by atoms with Crippen molar-refractivity contribution in [3.8, 4) is 5.75 Å². The predicted molar refractivity (Wildman–Crippen MR) is 88.1 cm³/mol. The predicted octanol–water partition coefficient (Wildman–Crippen LogP) is 0.830. The number of ether oxygens (including phenoxy) is 1. The quantitative estimate of drug-likeness (QED) is 0.779. The number of nitrogens with zero attached hydrogens (tertiary/aromatic N) is 1. The fraction of sp³-hybridized carbons (Fsp3) is 0.529. The lowest BCUT2D eigenvalue weighted by molar-refractivity contribution is -0.122. The molecule has 6 nitrogen and oxygen atoms in total. The molecule has 1 fully saturated rings. The number of carbonyl (C=O) groups excluding carboxylic acids is 2. The summed E-state index contributed by atoms with van der Waals surface area (Å²) in [7, 11) is 0. The van der Waals surface area contributed by atoms with E-state index in [9.17, 15) is 9.59 Å². The van der Waals surface area contributed by atoms with Crippen LogP contribution in [0.25, 0.3) is 0 Å². The minimum atomic E-state index is -0.330. The van der Waals surface area contributed by atoms with Gasteiger partial charge in [-0.3, -0.25) is 14.5 Å². The molecule has 0 radical (unpaired) electrons. The highest BCUT2D eigenvalue weighted by atomic mass is 16.5. The average molecular weight is 319 g/mol. The lowest BCUT2D eigenvalue weighted by Crippen LogP contribution is -2.49. The van der Waals surface area contributed by atoms with Gasteiger partial charge < -0.3 is 15.8 Å². The second-order valence-electron chi connectivity index (χ2n) is 6.02. The topological polar surface area (TPSA) is 84.7 Å². The number of nitrogens with one attached hydrogen (secondary N) is 1. The largest absolute Gasteiger partial charge is 0.493 e. The molecule has 1 heterocycles. The number of hydrogen-bond donors (Lipinski definition) is 2. The minimum absolute atomic E-state index is 0.0250. The van der Waals surface area contributed by atoms with Crippen LogP contribution in [0.1, 0.15) is 24.8 Å². The molecule has 1 aromatic rings. The summed E-state index contributed by atoms with van der Waals surface area (Å²) in [5, 5.41) is 3.00. The molecular formula is C17H25N3O3. The van der Waals surface area contributed by atoms with Gasteiger partial charge in [0.25, 0.3) is 0 Å². The summed E-state index contributed by atoms with van der Waals surface area (Å²) in [4.78, 5) is 24.9. The molecule has 2 amide bonds. The van der Waals surface area contributed by atoms with Crippen LogP contribution in [0.4, 0.5) is 0 Å². The minimum Gasteiger partial charge on any atom is -0.493 e. The first-order valence-electron chi connectivity index (χ1n) is 8.02. The average Bonchev–Trinajstić information content (AvgIpc) is 2.49. The lowest BCUT2D eigenvalue weighted by Gasteiger charge is -2.32.